The van der Waals surface area contributed by atoms with Gasteiger partial charge in [0.05, 0.1) is 17.1 Å². The first-order valence-electron chi connectivity index (χ1n) is 7.13. The van der Waals surface area contributed by atoms with Crippen LogP contribution < -0.4 is 5.32 Å². The third-order valence-electron chi connectivity index (χ3n) is 3.66. The van der Waals surface area contributed by atoms with Gasteiger partial charge in [-0.2, -0.15) is 5.26 Å². The van der Waals surface area contributed by atoms with Gasteiger partial charge in [0, 0.05) is 12.6 Å². The lowest BCUT2D eigenvalue weighted by Gasteiger charge is -2.36. The molecule has 0 aromatic carbocycles. The summed E-state index contributed by atoms with van der Waals surface area (Å²) in [6.45, 7) is 10.3. The minimum Gasteiger partial charge on any atom is -0.375 e. The van der Waals surface area contributed by atoms with E-state index in [2.05, 4.69) is 25.2 Å². The zero-order valence-electron chi connectivity index (χ0n) is 12.4. The van der Waals surface area contributed by atoms with E-state index in [1.165, 1.54) is 0 Å². The van der Waals surface area contributed by atoms with E-state index in [9.17, 15) is 0 Å². The summed E-state index contributed by atoms with van der Waals surface area (Å²) in [7, 11) is 0. The van der Waals surface area contributed by atoms with Gasteiger partial charge in [0.25, 0.3) is 0 Å². The number of hydrogen-bond donors (Lipinski definition) is 1. The Hall–Kier alpha value is -0.590. The maximum absolute atomic E-state index is 8.93. The minimum atomic E-state index is -0.166. The van der Waals surface area contributed by atoms with Crippen LogP contribution >= 0.6 is 0 Å². The normalized spacial score (nSPS) is 23.6. The van der Waals surface area contributed by atoms with E-state index in [0.29, 0.717) is 6.04 Å². The zero-order chi connectivity index (χ0) is 13.6. The van der Waals surface area contributed by atoms with Gasteiger partial charge in [0.15, 0.2) is 0 Å². The Kier molecular flexibility index (Phi) is 5.62. The fraction of sp³-hybridized carbons (Fsp3) is 0.933. The molecule has 0 aromatic rings. The highest BCUT2D eigenvalue weighted by atomic mass is 16.5. The molecule has 1 heterocycles. The van der Waals surface area contributed by atoms with E-state index < -0.39 is 0 Å². The molecule has 1 aliphatic rings. The molecular weight excluding hydrogens is 224 g/mol. The first kappa shape index (κ1) is 15.5. The number of nitrogens with zero attached hydrogens (tertiary/aromatic N) is 1. The van der Waals surface area contributed by atoms with Crippen molar-refractivity contribution in [3.05, 3.63) is 0 Å². The summed E-state index contributed by atoms with van der Waals surface area (Å²) in [5.74, 6) is 0. The average Bonchev–Trinajstić information content (AvgIpc) is 2.27. The molecule has 1 fully saturated rings. The SMILES string of the molecule is CC(C)(C#N)CCCCNC1CCOC(C)(C)C1. The van der Waals surface area contributed by atoms with Crippen LogP contribution in [0.15, 0.2) is 0 Å². The number of ether oxygens (including phenoxy) is 1. The van der Waals surface area contributed by atoms with Gasteiger partial charge in [0.1, 0.15) is 0 Å². The third kappa shape index (κ3) is 5.84. The molecule has 1 saturated heterocycles. The van der Waals surface area contributed by atoms with Crippen LogP contribution in [0, 0.1) is 16.7 Å². The van der Waals surface area contributed by atoms with Crippen molar-refractivity contribution in [3.8, 4) is 6.07 Å². The van der Waals surface area contributed by atoms with Gasteiger partial charge in [-0.3, -0.25) is 0 Å². The Morgan fingerprint density at radius 2 is 2.11 bits per heavy atom. The molecule has 0 saturated carbocycles. The average molecular weight is 252 g/mol. The van der Waals surface area contributed by atoms with Crippen molar-refractivity contribution in [2.45, 2.75) is 71.4 Å². The van der Waals surface area contributed by atoms with E-state index >= 15 is 0 Å². The highest BCUT2D eigenvalue weighted by Gasteiger charge is 2.28. The maximum Gasteiger partial charge on any atom is 0.0683 e. The van der Waals surface area contributed by atoms with Crippen LogP contribution in [-0.4, -0.2) is 24.8 Å². The van der Waals surface area contributed by atoms with Gasteiger partial charge in [-0.05, 0) is 59.9 Å². The number of nitriles is 1. The van der Waals surface area contributed by atoms with Crippen LogP contribution in [0.1, 0.15) is 59.8 Å². The minimum absolute atomic E-state index is 0.0265. The molecule has 3 nitrogen and oxygen atoms in total. The Balaban J connectivity index is 2.10. The molecule has 104 valence electrons. The topological polar surface area (TPSA) is 45.0 Å². The van der Waals surface area contributed by atoms with Crippen molar-refractivity contribution in [3.63, 3.8) is 0 Å². The van der Waals surface area contributed by atoms with Crippen LogP contribution in [0.2, 0.25) is 0 Å². The largest absolute Gasteiger partial charge is 0.375 e. The standard InChI is InChI=1S/C15H28N2O/c1-14(2,12-16)8-5-6-9-17-13-7-10-18-15(3,4)11-13/h13,17H,5-11H2,1-4H3. The van der Waals surface area contributed by atoms with Crippen molar-refractivity contribution < 1.29 is 4.74 Å². The van der Waals surface area contributed by atoms with Crippen molar-refractivity contribution in [2.75, 3.05) is 13.2 Å². The predicted octanol–water partition coefficient (Wildman–Crippen LogP) is 3.25. The number of hydrogen-bond acceptors (Lipinski definition) is 3. The van der Waals surface area contributed by atoms with Gasteiger partial charge < -0.3 is 10.1 Å². The van der Waals surface area contributed by atoms with Gasteiger partial charge in [-0.15, -0.1) is 0 Å². The molecule has 0 radical (unpaired) electrons. The van der Waals surface area contributed by atoms with Crippen LogP contribution in [0.5, 0.6) is 0 Å². The first-order valence-corrected chi connectivity index (χ1v) is 7.13. The molecule has 18 heavy (non-hydrogen) atoms. The fourth-order valence-corrected chi connectivity index (χ4v) is 2.46. The molecule has 1 aliphatic heterocycles. The monoisotopic (exact) mass is 252 g/mol. The van der Waals surface area contributed by atoms with Crippen LogP contribution in [0.4, 0.5) is 0 Å². The lowest BCUT2D eigenvalue weighted by Crippen LogP contribution is -2.43. The first-order chi connectivity index (χ1) is 8.35. The second-order valence-electron chi connectivity index (χ2n) is 6.70. The molecule has 0 bridgehead atoms. The fourth-order valence-electron chi connectivity index (χ4n) is 2.46. The van der Waals surface area contributed by atoms with Crippen molar-refractivity contribution >= 4 is 0 Å². The molecule has 1 atom stereocenters. The summed E-state index contributed by atoms with van der Waals surface area (Å²) in [6.07, 6.45) is 5.48. The smallest absolute Gasteiger partial charge is 0.0683 e. The van der Waals surface area contributed by atoms with Crippen LogP contribution in [0.3, 0.4) is 0 Å². The molecule has 0 spiro atoms. The van der Waals surface area contributed by atoms with E-state index in [-0.39, 0.29) is 11.0 Å². The Labute approximate surface area is 112 Å². The second kappa shape index (κ2) is 6.54. The van der Waals surface area contributed by atoms with Crippen molar-refractivity contribution in [1.82, 2.24) is 5.32 Å². The Bertz CT molecular complexity index is 291. The summed E-state index contributed by atoms with van der Waals surface area (Å²) in [5, 5.41) is 12.6. The van der Waals surface area contributed by atoms with E-state index in [1.54, 1.807) is 0 Å². The molecule has 0 amide bonds. The van der Waals surface area contributed by atoms with Crippen molar-refractivity contribution in [2.24, 2.45) is 5.41 Å². The molecule has 1 rings (SSSR count). The zero-order valence-corrected chi connectivity index (χ0v) is 12.4. The van der Waals surface area contributed by atoms with E-state index in [0.717, 1.165) is 45.3 Å². The highest BCUT2D eigenvalue weighted by molar-refractivity contribution is 4.91. The number of rotatable bonds is 6. The quantitative estimate of drug-likeness (QED) is 0.738. The van der Waals surface area contributed by atoms with Gasteiger partial charge in [0.2, 0.25) is 0 Å². The molecule has 0 aliphatic carbocycles. The molecule has 3 heteroatoms. The maximum atomic E-state index is 8.93. The number of nitrogens with one attached hydrogen (secondary N) is 1. The highest BCUT2D eigenvalue weighted by Crippen LogP contribution is 2.24. The molecule has 1 N–H and O–H groups in total. The van der Waals surface area contributed by atoms with Crippen LogP contribution in [0.25, 0.3) is 0 Å². The lowest BCUT2D eigenvalue weighted by molar-refractivity contribution is -0.0628. The summed E-state index contributed by atoms with van der Waals surface area (Å²) >= 11 is 0. The van der Waals surface area contributed by atoms with Crippen LogP contribution in [-0.2, 0) is 4.74 Å². The number of unbranched alkanes of at least 4 members (excludes halogenated alkanes) is 1. The second-order valence-corrected chi connectivity index (χ2v) is 6.70. The third-order valence-corrected chi connectivity index (χ3v) is 3.66. The molecular formula is C15H28N2O. The summed E-state index contributed by atoms with van der Waals surface area (Å²) < 4.78 is 5.71. The van der Waals surface area contributed by atoms with Gasteiger partial charge in [-0.1, -0.05) is 6.42 Å². The summed E-state index contributed by atoms with van der Waals surface area (Å²) in [5.41, 5.74) is -0.139. The van der Waals surface area contributed by atoms with E-state index in [1.807, 2.05) is 13.8 Å². The lowest BCUT2D eigenvalue weighted by atomic mass is 9.89. The van der Waals surface area contributed by atoms with Gasteiger partial charge in [-0.25, -0.2) is 0 Å². The van der Waals surface area contributed by atoms with E-state index in [4.69, 9.17) is 10.00 Å². The molecule has 0 aromatic heterocycles. The van der Waals surface area contributed by atoms with Gasteiger partial charge >= 0.3 is 0 Å². The summed E-state index contributed by atoms with van der Waals surface area (Å²) in [6, 6.07) is 2.95. The Morgan fingerprint density at radius 1 is 1.39 bits per heavy atom. The molecule has 1 unspecified atom stereocenters. The Morgan fingerprint density at radius 3 is 2.72 bits per heavy atom. The van der Waals surface area contributed by atoms with Crippen molar-refractivity contribution in [1.29, 1.82) is 5.26 Å². The summed E-state index contributed by atoms with van der Waals surface area (Å²) in [4.78, 5) is 0. The predicted molar refractivity (Wildman–Crippen MR) is 74.3 cm³/mol.